The van der Waals surface area contributed by atoms with Crippen LogP contribution in [0.5, 0.6) is 0 Å². The first-order valence-electron chi connectivity index (χ1n) is 9.47. The summed E-state index contributed by atoms with van der Waals surface area (Å²) in [5, 5.41) is 23.8. The van der Waals surface area contributed by atoms with E-state index in [9.17, 15) is 18.7 Å². The second-order valence-electron chi connectivity index (χ2n) is 7.63. The number of carbonyl (C=O) groups excluding carboxylic acids is 1. The standard InChI is InChI=1S/C23H24F2N2O3/c1-22(21(28)27-30,23(2,29)20(24)25)26-14-15-8-9-19-13-18(11-10-17(19)12-15)16-6-4-3-5-7-16/h3-13,20,26,29-30H,14H2,1-2H3,(H,27,28)/t22?,23-/m1/s1. The van der Waals surface area contributed by atoms with Gasteiger partial charge in [0.05, 0.1) is 0 Å². The third-order valence-corrected chi connectivity index (χ3v) is 5.65. The molecule has 0 aliphatic carbocycles. The molecule has 0 saturated carbocycles. The van der Waals surface area contributed by atoms with E-state index in [0.717, 1.165) is 41.3 Å². The lowest BCUT2D eigenvalue weighted by Crippen LogP contribution is -2.69. The molecule has 3 aromatic carbocycles. The first-order chi connectivity index (χ1) is 14.2. The summed E-state index contributed by atoms with van der Waals surface area (Å²) < 4.78 is 26.7. The highest BCUT2D eigenvalue weighted by molar-refractivity contribution is 5.88. The van der Waals surface area contributed by atoms with Crippen LogP contribution in [0.1, 0.15) is 19.4 Å². The predicted molar refractivity (Wildman–Crippen MR) is 111 cm³/mol. The van der Waals surface area contributed by atoms with E-state index in [1.165, 1.54) is 5.48 Å². The van der Waals surface area contributed by atoms with Gasteiger partial charge in [0.25, 0.3) is 12.3 Å². The maximum atomic E-state index is 13.4. The molecule has 4 N–H and O–H groups in total. The Morgan fingerprint density at radius 1 is 0.967 bits per heavy atom. The Kier molecular flexibility index (Phi) is 6.17. The van der Waals surface area contributed by atoms with Gasteiger partial charge >= 0.3 is 0 Å². The fourth-order valence-corrected chi connectivity index (χ4v) is 3.31. The summed E-state index contributed by atoms with van der Waals surface area (Å²) in [4.78, 5) is 12.1. The summed E-state index contributed by atoms with van der Waals surface area (Å²) in [6, 6.07) is 21.6. The minimum atomic E-state index is -3.21. The maximum Gasteiger partial charge on any atom is 0.268 e. The highest BCUT2D eigenvalue weighted by Crippen LogP contribution is 2.30. The van der Waals surface area contributed by atoms with Crippen molar-refractivity contribution >= 4 is 16.7 Å². The molecule has 0 aliphatic rings. The van der Waals surface area contributed by atoms with Gasteiger partial charge in [0, 0.05) is 6.54 Å². The maximum absolute atomic E-state index is 13.4. The predicted octanol–water partition coefficient (Wildman–Crippen LogP) is 3.88. The molecule has 2 atom stereocenters. The number of amides is 1. The Morgan fingerprint density at radius 2 is 1.60 bits per heavy atom. The van der Waals surface area contributed by atoms with E-state index in [0.29, 0.717) is 0 Å². The van der Waals surface area contributed by atoms with Gasteiger partial charge in [0.15, 0.2) is 0 Å². The van der Waals surface area contributed by atoms with E-state index in [2.05, 4.69) is 11.4 Å². The summed E-state index contributed by atoms with van der Waals surface area (Å²) in [5.41, 5.74) is -0.557. The average molecular weight is 414 g/mol. The Balaban J connectivity index is 1.85. The molecule has 0 fully saturated rings. The summed E-state index contributed by atoms with van der Waals surface area (Å²) in [7, 11) is 0. The fourth-order valence-electron chi connectivity index (χ4n) is 3.31. The Morgan fingerprint density at radius 3 is 2.23 bits per heavy atom. The number of halogens is 2. The largest absolute Gasteiger partial charge is 0.382 e. The second-order valence-corrected chi connectivity index (χ2v) is 7.63. The van der Waals surface area contributed by atoms with Gasteiger partial charge in [-0.2, -0.15) is 0 Å². The van der Waals surface area contributed by atoms with E-state index < -0.39 is 23.5 Å². The number of hydrogen-bond acceptors (Lipinski definition) is 4. The summed E-state index contributed by atoms with van der Waals surface area (Å²) in [6.07, 6.45) is -3.21. The lowest BCUT2D eigenvalue weighted by Gasteiger charge is -2.40. The molecule has 1 unspecified atom stereocenters. The van der Waals surface area contributed by atoms with Crippen LogP contribution in [0.4, 0.5) is 8.78 Å². The monoisotopic (exact) mass is 414 g/mol. The third kappa shape index (κ3) is 4.05. The molecule has 0 bridgehead atoms. The summed E-state index contributed by atoms with van der Waals surface area (Å²) in [5.74, 6) is -1.15. The number of rotatable bonds is 7. The molecule has 158 valence electrons. The van der Waals surface area contributed by atoms with Gasteiger partial charge in [-0.3, -0.25) is 15.3 Å². The van der Waals surface area contributed by atoms with Gasteiger partial charge in [0.1, 0.15) is 11.1 Å². The number of hydroxylamine groups is 1. The van der Waals surface area contributed by atoms with E-state index in [1.54, 1.807) is 0 Å². The smallest absolute Gasteiger partial charge is 0.268 e. The van der Waals surface area contributed by atoms with E-state index in [4.69, 9.17) is 5.21 Å². The van der Waals surface area contributed by atoms with Crippen LogP contribution in [0.3, 0.4) is 0 Å². The molecule has 0 aliphatic heterocycles. The molecular formula is C23H24F2N2O3. The SMILES string of the molecule is CC(NCc1ccc2cc(-c3ccccc3)ccc2c1)(C(=O)NO)[C@](C)(O)C(F)F. The molecule has 0 radical (unpaired) electrons. The Labute approximate surface area is 173 Å². The van der Waals surface area contributed by atoms with Crippen molar-refractivity contribution in [2.45, 2.75) is 38.0 Å². The van der Waals surface area contributed by atoms with Crippen molar-refractivity contribution in [3.05, 3.63) is 72.3 Å². The number of nitrogens with one attached hydrogen (secondary N) is 2. The van der Waals surface area contributed by atoms with Crippen molar-refractivity contribution in [3.63, 3.8) is 0 Å². The lowest BCUT2D eigenvalue weighted by molar-refractivity contribution is -0.167. The van der Waals surface area contributed by atoms with Gasteiger partial charge in [0.2, 0.25) is 0 Å². The quantitative estimate of drug-likeness (QED) is 0.349. The normalized spacial score (nSPS) is 15.6. The summed E-state index contributed by atoms with van der Waals surface area (Å²) >= 11 is 0. The van der Waals surface area contributed by atoms with Gasteiger partial charge < -0.3 is 5.11 Å². The zero-order chi connectivity index (χ0) is 21.9. The number of carbonyl (C=O) groups is 1. The van der Waals surface area contributed by atoms with Crippen LogP contribution >= 0.6 is 0 Å². The first kappa shape index (κ1) is 21.8. The fraction of sp³-hybridized carbons (Fsp3) is 0.261. The molecule has 0 aromatic heterocycles. The number of benzene rings is 3. The molecule has 7 heteroatoms. The van der Waals surface area contributed by atoms with E-state index >= 15 is 0 Å². The van der Waals surface area contributed by atoms with Crippen LogP contribution in [-0.4, -0.2) is 33.8 Å². The van der Waals surface area contributed by atoms with Crippen LogP contribution < -0.4 is 10.8 Å². The van der Waals surface area contributed by atoms with Gasteiger partial charge in [-0.25, -0.2) is 14.3 Å². The second kappa shape index (κ2) is 8.47. The van der Waals surface area contributed by atoms with Crippen molar-refractivity contribution < 1.29 is 23.9 Å². The molecule has 1 amide bonds. The van der Waals surface area contributed by atoms with Crippen molar-refractivity contribution in [2.75, 3.05) is 0 Å². The molecule has 5 nitrogen and oxygen atoms in total. The minimum absolute atomic E-state index is 0.0309. The average Bonchev–Trinajstić information content (AvgIpc) is 2.76. The highest BCUT2D eigenvalue weighted by Gasteiger charge is 2.54. The van der Waals surface area contributed by atoms with Crippen LogP contribution in [0.2, 0.25) is 0 Å². The molecule has 30 heavy (non-hydrogen) atoms. The lowest BCUT2D eigenvalue weighted by atomic mass is 9.81. The third-order valence-electron chi connectivity index (χ3n) is 5.65. The molecule has 3 aromatic rings. The zero-order valence-electron chi connectivity index (χ0n) is 16.7. The van der Waals surface area contributed by atoms with Gasteiger partial charge in [-0.1, -0.05) is 54.6 Å². The molecular weight excluding hydrogens is 390 g/mol. The topological polar surface area (TPSA) is 81.6 Å². The molecule has 0 saturated heterocycles. The molecule has 3 rings (SSSR count). The van der Waals surface area contributed by atoms with Crippen molar-refractivity contribution in [2.24, 2.45) is 0 Å². The number of fused-ring (bicyclic) bond motifs is 1. The Bertz CT molecular complexity index is 1040. The number of hydrogen-bond donors (Lipinski definition) is 4. The van der Waals surface area contributed by atoms with E-state index in [-0.39, 0.29) is 6.54 Å². The van der Waals surface area contributed by atoms with Crippen molar-refractivity contribution in [1.82, 2.24) is 10.8 Å². The minimum Gasteiger partial charge on any atom is -0.382 e. The van der Waals surface area contributed by atoms with Crippen molar-refractivity contribution in [1.29, 1.82) is 0 Å². The summed E-state index contributed by atoms with van der Waals surface area (Å²) in [6.45, 7) is 2.01. The molecule has 0 spiro atoms. The van der Waals surface area contributed by atoms with E-state index in [1.807, 2.05) is 60.7 Å². The van der Waals surface area contributed by atoms with Crippen LogP contribution in [0, 0.1) is 0 Å². The van der Waals surface area contributed by atoms with Crippen LogP contribution in [-0.2, 0) is 11.3 Å². The van der Waals surface area contributed by atoms with Crippen LogP contribution in [0.25, 0.3) is 21.9 Å². The number of aliphatic hydroxyl groups is 1. The Hall–Kier alpha value is -2.87. The molecule has 0 heterocycles. The van der Waals surface area contributed by atoms with Gasteiger partial charge in [-0.15, -0.1) is 0 Å². The zero-order valence-corrected chi connectivity index (χ0v) is 16.7. The number of alkyl halides is 2. The van der Waals surface area contributed by atoms with Gasteiger partial charge in [-0.05, 0) is 53.4 Å². The highest BCUT2D eigenvalue weighted by atomic mass is 19.3. The van der Waals surface area contributed by atoms with Crippen LogP contribution in [0.15, 0.2) is 66.7 Å². The first-order valence-corrected chi connectivity index (χ1v) is 9.47. The van der Waals surface area contributed by atoms with Crippen molar-refractivity contribution in [3.8, 4) is 11.1 Å².